The molecule has 0 spiro atoms. The molecule has 0 saturated heterocycles. The van der Waals surface area contributed by atoms with Gasteiger partial charge in [-0.25, -0.2) is 0 Å². The Morgan fingerprint density at radius 2 is 2.22 bits per heavy atom. The van der Waals surface area contributed by atoms with Crippen molar-refractivity contribution in [3.63, 3.8) is 0 Å². The Hall–Kier alpha value is -0.930. The van der Waals surface area contributed by atoms with Gasteiger partial charge in [0.1, 0.15) is 0 Å². The smallest absolute Gasteiger partial charge is 0.0605 e. The van der Waals surface area contributed by atoms with Gasteiger partial charge in [0.05, 0.1) is 11.7 Å². The first-order valence-electron chi connectivity index (χ1n) is 6.93. The van der Waals surface area contributed by atoms with Gasteiger partial charge in [0.2, 0.25) is 0 Å². The molecule has 0 aromatic carbocycles. The van der Waals surface area contributed by atoms with Crippen molar-refractivity contribution in [2.24, 2.45) is 5.92 Å². The van der Waals surface area contributed by atoms with Crippen LogP contribution in [0, 0.1) is 5.92 Å². The maximum absolute atomic E-state index is 4.53. The Morgan fingerprint density at radius 1 is 1.44 bits per heavy atom. The standard InChI is InChI=1S/C15H25N3/c1-11(2)14(18(3)4)10-17-13-8-7-12-6-5-9-16-15(12)13/h5-6,9,11,13-14,17H,7-8,10H2,1-4H3. The summed E-state index contributed by atoms with van der Waals surface area (Å²) in [5, 5.41) is 3.70. The lowest BCUT2D eigenvalue weighted by Gasteiger charge is -2.29. The van der Waals surface area contributed by atoms with E-state index in [0.717, 1.165) is 13.0 Å². The number of nitrogens with one attached hydrogen (secondary N) is 1. The van der Waals surface area contributed by atoms with E-state index in [2.05, 4.69) is 49.2 Å². The average Bonchev–Trinajstić information content (AvgIpc) is 2.72. The average molecular weight is 247 g/mol. The van der Waals surface area contributed by atoms with Crippen LogP contribution in [0.2, 0.25) is 0 Å². The number of hydrogen-bond donors (Lipinski definition) is 1. The van der Waals surface area contributed by atoms with E-state index in [1.165, 1.54) is 17.7 Å². The largest absolute Gasteiger partial charge is 0.307 e. The number of pyridine rings is 1. The fraction of sp³-hybridized carbons (Fsp3) is 0.667. The molecule has 0 fully saturated rings. The molecule has 0 saturated carbocycles. The van der Waals surface area contributed by atoms with E-state index in [0.29, 0.717) is 18.0 Å². The van der Waals surface area contributed by atoms with Crippen molar-refractivity contribution in [1.82, 2.24) is 15.2 Å². The van der Waals surface area contributed by atoms with Gasteiger partial charge in [0, 0.05) is 18.8 Å². The molecule has 1 N–H and O–H groups in total. The van der Waals surface area contributed by atoms with Gasteiger partial charge in [-0.15, -0.1) is 0 Å². The predicted molar refractivity (Wildman–Crippen MR) is 75.6 cm³/mol. The lowest BCUT2D eigenvalue weighted by atomic mass is 10.0. The summed E-state index contributed by atoms with van der Waals surface area (Å²) in [5.41, 5.74) is 2.68. The Kier molecular flexibility index (Phi) is 4.36. The number of nitrogens with zero attached hydrogens (tertiary/aromatic N) is 2. The maximum Gasteiger partial charge on any atom is 0.0605 e. The first kappa shape index (κ1) is 13.5. The summed E-state index contributed by atoms with van der Waals surface area (Å²) in [6, 6.07) is 5.27. The molecular formula is C15H25N3. The Bertz CT molecular complexity index is 379. The van der Waals surface area contributed by atoms with Crippen LogP contribution in [-0.4, -0.2) is 36.6 Å². The third kappa shape index (κ3) is 2.90. The summed E-state index contributed by atoms with van der Waals surface area (Å²) in [6.07, 6.45) is 4.25. The van der Waals surface area contributed by atoms with Gasteiger partial charge in [-0.2, -0.15) is 0 Å². The van der Waals surface area contributed by atoms with Gasteiger partial charge < -0.3 is 10.2 Å². The molecule has 18 heavy (non-hydrogen) atoms. The Morgan fingerprint density at radius 3 is 2.89 bits per heavy atom. The van der Waals surface area contributed by atoms with Gasteiger partial charge in [-0.3, -0.25) is 4.98 Å². The fourth-order valence-electron chi connectivity index (χ4n) is 2.89. The molecule has 0 aliphatic heterocycles. The second-order valence-electron chi connectivity index (χ2n) is 5.82. The Balaban J connectivity index is 1.96. The molecule has 1 aliphatic carbocycles. The minimum atomic E-state index is 0.447. The molecule has 0 bridgehead atoms. The quantitative estimate of drug-likeness (QED) is 0.865. The minimum Gasteiger partial charge on any atom is -0.307 e. The monoisotopic (exact) mass is 247 g/mol. The van der Waals surface area contributed by atoms with E-state index < -0.39 is 0 Å². The highest BCUT2D eigenvalue weighted by molar-refractivity contribution is 5.27. The highest BCUT2D eigenvalue weighted by Crippen LogP contribution is 2.28. The zero-order valence-corrected chi connectivity index (χ0v) is 12.0. The summed E-state index contributed by atoms with van der Waals surface area (Å²) < 4.78 is 0. The van der Waals surface area contributed by atoms with Crippen molar-refractivity contribution < 1.29 is 0 Å². The Labute approximate surface area is 111 Å². The van der Waals surface area contributed by atoms with E-state index in [1.807, 2.05) is 12.3 Å². The van der Waals surface area contributed by atoms with E-state index in [4.69, 9.17) is 0 Å². The van der Waals surface area contributed by atoms with E-state index in [1.54, 1.807) is 0 Å². The van der Waals surface area contributed by atoms with E-state index in [9.17, 15) is 0 Å². The normalized spacial score (nSPS) is 20.4. The van der Waals surface area contributed by atoms with Crippen LogP contribution in [0.3, 0.4) is 0 Å². The molecule has 0 radical (unpaired) electrons. The van der Waals surface area contributed by atoms with Crippen LogP contribution in [0.4, 0.5) is 0 Å². The SMILES string of the molecule is CC(C)C(CNC1CCc2cccnc21)N(C)C. The van der Waals surface area contributed by atoms with Crippen molar-refractivity contribution in [3.8, 4) is 0 Å². The number of aryl methyl sites for hydroxylation is 1. The third-order valence-electron chi connectivity index (χ3n) is 3.96. The van der Waals surface area contributed by atoms with Crippen LogP contribution in [-0.2, 0) is 6.42 Å². The lowest BCUT2D eigenvalue weighted by molar-refractivity contribution is 0.218. The molecule has 2 atom stereocenters. The molecule has 0 amide bonds. The molecule has 2 rings (SSSR count). The number of fused-ring (bicyclic) bond motifs is 1. The predicted octanol–water partition coefficient (Wildman–Crippen LogP) is 2.24. The molecule has 100 valence electrons. The zero-order valence-electron chi connectivity index (χ0n) is 12.0. The minimum absolute atomic E-state index is 0.447. The van der Waals surface area contributed by atoms with Gasteiger partial charge >= 0.3 is 0 Å². The third-order valence-corrected chi connectivity index (χ3v) is 3.96. The summed E-state index contributed by atoms with van der Waals surface area (Å²) in [7, 11) is 4.32. The second-order valence-corrected chi connectivity index (χ2v) is 5.82. The van der Waals surface area contributed by atoms with Crippen LogP contribution in [0.1, 0.15) is 37.6 Å². The summed E-state index contributed by atoms with van der Waals surface area (Å²) in [6.45, 7) is 5.60. The molecule has 1 aromatic rings. The number of hydrogen-bond acceptors (Lipinski definition) is 3. The van der Waals surface area contributed by atoms with Crippen molar-refractivity contribution >= 4 is 0 Å². The molecule has 2 unspecified atom stereocenters. The van der Waals surface area contributed by atoms with E-state index >= 15 is 0 Å². The molecular weight excluding hydrogens is 222 g/mol. The summed E-state index contributed by atoms with van der Waals surface area (Å²) in [4.78, 5) is 6.84. The van der Waals surface area contributed by atoms with Crippen LogP contribution < -0.4 is 5.32 Å². The van der Waals surface area contributed by atoms with Gasteiger partial charge in [0.25, 0.3) is 0 Å². The molecule has 3 heteroatoms. The molecule has 3 nitrogen and oxygen atoms in total. The number of rotatable bonds is 5. The first-order chi connectivity index (χ1) is 8.59. The van der Waals surface area contributed by atoms with Gasteiger partial charge in [0.15, 0.2) is 0 Å². The van der Waals surface area contributed by atoms with Crippen molar-refractivity contribution in [3.05, 3.63) is 29.6 Å². The molecule has 1 aromatic heterocycles. The van der Waals surface area contributed by atoms with Crippen LogP contribution in [0.5, 0.6) is 0 Å². The van der Waals surface area contributed by atoms with Gasteiger partial charge in [-0.05, 0) is 44.5 Å². The molecule has 1 aliphatic rings. The summed E-state index contributed by atoms with van der Waals surface area (Å²) in [5.74, 6) is 0.664. The van der Waals surface area contributed by atoms with Crippen LogP contribution >= 0.6 is 0 Å². The topological polar surface area (TPSA) is 28.2 Å². The second kappa shape index (κ2) is 5.81. The maximum atomic E-state index is 4.53. The van der Waals surface area contributed by atoms with Crippen LogP contribution in [0.25, 0.3) is 0 Å². The highest BCUT2D eigenvalue weighted by Gasteiger charge is 2.25. The zero-order chi connectivity index (χ0) is 13.1. The van der Waals surface area contributed by atoms with Crippen LogP contribution in [0.15, 0.2) is 18.3 Å². The van der Waals surface area contributed by atoms with Crippen molar-refractivity contribution in [2.45, 2.75) is 38.8 Å². The summed E-state index contributed by atoms with van der Waals surface area (Å²) >= 11 is 0. The number of aromatic nitrogens is 1. The van der Waals surface area contributed by atoms with Crippen molar-refractivity contribution in [2.75, 3.05) is 20.6 Å². The number of likely N-dealkylation sites (N-methyl/N-ethyl adjacent to an activating group) is 1. The first-order valence-corrected chi connectivity index (χ1v) is 6.93. The highest BCUT2D eigenvalue weighted by atomic mass is 15.1. The van der Waals surface area contributed by atoms with E-state index in [-0.39, 0.29) is 0 Å². The van der Waals surface area contributed by atoms with Crippen molar-refractivity contribution in [1.29, 1.82) is 0 Å². The lowest BCUT2D eigenvalue weighted by Crippen LogP contribution is -2.42. The fourth-order valence-corrected chi connectivity index (χ4v) is 2.89. The molecule has 1 heterocycles. The van der Waals surface area contributed by atoms with Gasteiger partial charge in [-0.1, -0.05) is 19.9 Å².